The predicted molar refractivity (Wildman–Crippen MR) is 85.1 cm³/mol. The summed E-state index contributed by atoms with van der Waals surface area (Å²) in [4.78, 5) is 2.45. The number of piperidine rings is 1. The Morgan fingerprint density at radius 3 is 2.81 bits per heavy atom. The molecule has 1 aliphatic rings. The molecule has 2 N–H and O–H groups in total. The second-order valence-electron chi connectivity index (χ2n) is 6.00. The average Bonchev–Trinajstić information content (AvgIpc) is 2.97. The van der Waals surface area contributed by atoms with Gasteiger partial charge < -0.3 is 10.5 Å². The van der Waals surface area contributed by atoms with Gasteiger partial charge in [0.25, 0.3) is 0 Å². The van der Waals surface area contributed by atoms with Gasteiger partial charge in [-0.15, -0.1) is 0 Å². The first kappa shape index (κ1) is 16.5. The van der Waals surface area contributed by atoms with Crippen molar-refractivity contribution in [1.82, 2.24) is 14.7 Å². The molecule has 1 fully saturated rings. The van der Waals surface area contributed by atoms with Crippen molar-refractivity contribution in [2.75, 3.05) is 20.2 Å². The minimum atomic E-state index is 0.358. The maximum absolute atomic E-state index is 5.94. The van der Waals surface area contributed by atoms with Gasteiger partial charge in [-0.3, -0.25) is 9.58 Å². The molecule has 2 heterocycles. The van der Waals surface area contributed by atoms with Crippen molar-refractivity contribution in [3.05, 3.63) is 18.0 Å². The third-order valence-electron chi connectivity index (χ3n) is 4.74. The van der Waals surface area contributed by atoms with E-state index in [4.69, 9.17) is 15.6 Å². The molecule has 0 saturated carbocycles. The lowest BCUT2D eigenvalue weighted by atomic mass is 9.99. The molecule has 5 heteroatoms. The summed E-state index contributed by atoms with van der Waals surface area (Å²) in [7, 11) is 1.80. The lowest BCUT2D eigenvalue weighted by Crippen LogP contribution is -2.48. The topological polar surface area (TPSA) is 56.3 Å². The molecule has 0 spiro atoms. The fraction of sp³-hybridized carbons (Fsp3) is 0.812. The molecular weight excluding hydrogens is 264 g/mol. The second kappa shape index (κ2) is 7.92. The summed E-state index contributed by atoms with van der Waals surface area (Å²) in [6, 6.07) is 3.07. The molecule has 1 aromatic heterocycles. The van der Waals surface area contributed by atoms with Crippen LogP contribution in [0.4, 0.5) is 0 Å². The van der Waals surface area contributed by atoms with E-state index in [9.17, 15) is 0 Å². The quantitative estimate of drug-likeness (QED) is 0.837. The molecule has 0 aromatic carbocycles. The summed E-state index contributed by atoms with van der Waals surface area (Å²) in [5.41, 5.74) is 7.09. The molecule has 21 heavy (non-hydrogen) atoms. The van der Waals surface area contributed by atoms with E-state index in [1.54, 1.807) is 7.11 Å². The number of hydrogen-bond donors (Lipinski definition) is 1. The number of methoxy groups -OCH3 is 1. The van der Waals surface area contributed by atoms with Crippen LogP contribution in [-0.4, -0.2) is 47.0 Å². The van der Waals surface area contributed by atoms with E-state index >= 15 is 0 Å². The average molecular weight is 294 g/mol. The van der Waals surface area contributed by atoms with Crippen molar-refractivity contribution < 1.29 is 4.74 Å². The van der Waals surface area contributed by atoms with Crippen molar-refractivity contribution in [2.45, 2.75) is 64.3 Å². The number of likely N-dealkylation sites (tertiary alicyclic amines) is 1. The number of nitrogens with two attached hydrogens (primary N) is 1. The lowest BCUT2D eigenvalue weighted by Gasteiger charge is -2.38. The lowest BCUT2D eigenvalue weighted by molar-refractivity contribution is 0.00969. The van der Waals surface area contributed by atoms with Gasteiger partial charge in [0.05, 0.1) is 17.8 Å². The zero-order valence-electron chi connectivity index (χ0n) is 13.7. The molecule has 0 amide bonds. The Labute approximate surface area is 128 Å². The van der Waals surface area contributed by atoms with Crippen LogP contribution in [0.25, 0.3) is 0 Å². The van der Waals surface area contributed by atoms with Crippen molar-refractivity contribution in [1.29, 1.82) is 0 Å². The van der Waals surface area contributed by atoms with Gasteiger partial charge in [0.2, 0.25) is 0 Å². The van der Waals surface area contributed by atoms with Crippen LogP contribution in [-0.2, 0) is 11.3 Å². The van der Waals surface area contributed by atoms with Gasteiger partial charge in [-0.2, -0.15) is 5.10 Å². The normalized spacial score (nSPS) is 23.9. The third-order valence-corrected chi connectivity index (χ3v) is 4.74. The van der Waals surface area contributed by atoms with Crippen LogP contribution < -0.4 is 5.73 Å². The Bertz CT molecular complexity index is 416. The number of aromatic nitrogens is 2. The van der Waals surface area contributed by atoms with Gasteiger partial charge in [0.15, 0.2) is 0 Å². The van der Waals surface area contributed by atoms with E-state index in [1.165, 1.54) is 0 Å². The summed E-state index contributed by atoms with van der Waals surface area (Å²) in [6.07, 6.45) is 6.84. The molecule has 1 aliphatic heterocycles. The van der Waals surface area contributed by atoms with Gasteiger partial charge in [0.1, 0.15) is 0 Å². The SMILES string of the molecule is CCC(CC)n1ccc(CN2CCC(OC)CC2CN)n1. The first-order valence-corrected chi connectivity index (χ1v) is 8.22. The largest absolute Gasteiger partial charge is 0.381 e. The highest BCUT2D eigenvalue weighted by atomic mass is 16.5. The minimum Gasteiger partial charge on any atom is -0.381 e. The molecule has 120 valence electrons. The van der Waals surface area contributed by atoms with Crippen molar-refractivity contribution in [3.8, 4) is 0 Å². The van der Waals surface area contributed by atoms with Crippen LogP contribution in [0.2, 0.25) is 0 Å². The van der Waals surface area contributed by atoms with Gasteiger partial charge in [-0.25, -0.2) is 0 Å². The molecule has 1 saturated heterocycles. The Kier molecular flexibility index (Phi) is 6.21. The minimum absolute atomic E-state index is 0.358. The highest BCUT2D eigenvalue weighted by Crippen LogP contribution is 2.21. The summed E-state index contributed by atoms with van der Waals surface area (Å²) in [5, 5.41) is 4.76. The van der Waals surface area contributed by atoms with E-state index in [-0.39, 0.29) is 0 Å². The molecule has 2 atom stereocenters. The van der Waals surface area contributed by atoms with Crippen LogP contribution in [0.1, 0.15) is 51.3 Å². The first-order chi connectivity index (χ1) is 10.2. The summed E-state index contributed by atoms with van der Waals surface area (Å²) >= 11 is 0. The molecule has 2 unspecified atom stereocenters. The van der Waals surface area contributed by atoms with Crippen molar-refractivity contribution in [2.24, 2.45) is 5.73 Å². The van der Waals surface area contributed by atoms with Gasteiger partial charge >= 0.3 is 0 Å². The number of nitrogens with zero attached hydrogens (tertiary/aromatic N) is 3. The molecule has 5 nitrogen and oxygen atoms in total. The van der Waals surface area contributed by atoms with Crippen LogP contribution >= 0.6 is 0 Å². The maximum Gasteiger partial charge on any atom is 0.0765 e. The molecule has 0 bridgehead atoms. The highest BCUT2D eigenvalue weighted by Gasteiger charge is 2.27. The van der Waals surface area contributed by atoms with Crippen molar-refractivity contribution in [3.63, 3.8) is 0 Å². The molecule has 0 radical (unpaired) electrons. The Hall–Kier alpha value is -0.910. The second-order valence-corrected chi connectivity index (χ2v) is 6.00. The van der Waals surface area contributed by atoms with E-state index in [0.717, 1.165) is 44.5 Å². The summed E-state index contributed by atoms with van der Waals surface area (Å²) < 4.78 is 7.60. The van der Waals surface area contributed by atoms with Crippen LogP contribution in [0, 0.1) is 0 Å². The van der Waals surface area contributed by atoms with Crippen LogP contribution in [0.3, 0.4) is 0 Å². The highest BCUT2D eigenvalue weighted by molar-refractivity contribution is 5.01. The zero-order chi connectivity index (χ0) is 15.2. The number of ether oxygens (including phenoxy) is 1. The van der Waals surface area contributed by atoms with E-state index in [2.05, 4.69) is 35.7 Å². The standard InChI is InChI=1S/C16H30N4O/c1-4-14(5-2)20-9-6-13(18-20)12-19-8-7-16(21-3)10-15(19)11-17/h6,9,14-16H,4-5,7-8,10-12,17H2,1-3H3. The van der Waals surface area contributed by atoms with Crippen LogP contribution in [0.5, 0.6) is 0 Å². The van der Waals surface area contributed by atoms with Crippen LogP contribution in [0.15, 0.2) is 12.3 Å². The Balaban J connectivity index is 1.97. The Morgan fingerprint density at radius 1 is 1.43 bits per heavy atom. The number of rotatable bonds is 7. The first-order valence-electron chi connectivity index (χ1n) is 8.22. The van der Waals surface area contributed by atoms with E-state index in [0.29, 0.717) is 24.7 Å². The monoisotopic (exact) mass is 294 g/mol. The number of hydrogen-bond acceptors (Lipinski definition) is 4. The summed E-state index contributed by atoms with van der Waals surface area (Å²) in [6.45, 7) is 7.06. The fourth-order valence-corrected chi connectivity index (χ4v) is 3.27. The van der Waals surface area contributed by atoms with Crippen molar-refractivity contribution >= 4 is 0 Å². The summed E-state index contributed by atoms with van der Waals surface area (Å²) in [5.74, 6) is 0. The maximum atomic E-state index is 5.94. The molecular formula is C16H30N4O. The van der Waals surface area contributed by atoms with Gasteiger partial charge in [0, 0.05) is 39.0 Å². The fourth-order valence-electron chi connectivity index (χ4n) is 3.27. The van der Waals surface area contributed by atoms with E-state index in [1.807, 2.05) is 0 Å². The molecule has 0 aliphatic carbocycles. The van der Waals surface area contributed by atoms with Gasteiger partial charge in [-0.05, 0) is 31.7 Å². The van der Waals surface area contributed by atoms with Gasteiger partial charge in [-0.1, -0.05) is 13.8 Å². The smallest absolute Gasteiger partial charge is 0.0765 e. The zero-order valence-corrected chi connectivity index (χ0v) is 13.7. The molecule has 2 rings (SSSR count). The van der Waals surface area contributed by atoms with E-state index < -0.39 is 0 Å². The third kappa shape index (κ3) is 4.05. The molecule has 1 aromatic rings. The Morgan fingerprint density at radius 2 is 2.19 bits per heavy atom. The predicted octanol–water partition coefficient (Wildman–Crippen LogP) is 2.18.